The molecule has 21 heavy (non-hydrogen) atoms. The van der Waals surface area contributed by atoms with Crippen LogP contribution in [-0.2, 0) is 24.4 Å². The van der Waals surface area contributed by atoms with Gasteiger partial charge in [0.05, 0.1) is 13.0 Å². The monoisotopic (exact) mass is 350 g/mol. The molecule has 110 valence electrons. The fraction of sp³-hybridized carbons (Fsp3) is 0.188. The van der Waals surface area contributed by atoms with E-state index in [1.165, 1.54) is 0 Å². The summed E-state index contributed by atoms with van der Waals surface area (Å²) in [5, 5.41) is 17.9. The molecule has 5 heteroatoms. The van der Waals surface area contributed by atoms with Crippen molar-refractivity contribution in [1.82, 2.24) is 0 Å². The van der Waals surface area contributed by atoms with Crippen molar-refractivity contribution in [2.45, 2.75) is 19.6 Å². The number of aliphatic carboxylic acids is 1. The van der Waals surface area contributed by atoms with Gasteiger partial charge in [0.15, 0.2) is 0 Å². The van der Waals surface area contributed by atoms with E-state index in [1.807, 2.05) is 30.3 Å². The maximum atomic E-state index is 10.7. The molecular formula is C16H15BrO4. The summed E-state index contributed by atoms with van der Waals surface area (Å²) < 4.78 is 6.56. The van der Waals surface area contributed by atoms with E-state index in [0.29, 0.717) is 12.4 Å². The molecule has 2 rings (SSSR count). The molecule has 0 aliphatic heterocycles. The van der Waals surface area contributed by atoms with E-state index in [9.17, 15) is 4.79 Å². The number of hydrogen-bond acceptors (Lipinski definition) is 3. The topological polar surface area (TPSA) is 66.8 Å². The molecule has 0 saturated heterocycles. The quantitative estimate of drug-likeness (QED) is 0.839. The van der Waals surface area contributed by atoms with Crippen LogP contribution in [0, 0.1) is 0 Å². The van der Waals surface area contributed by atoms with Gasteiger partial charge in [-0.2, -0.15) is 0 Å². The Bertz CT molecular complexity index is 640. The predicted molar refractivity (Wildman–Crippen MR) is 82.2 cm³/mol. The number of aliphatic hydroxyl groups excluding tert-OH is 1. The van der Waals surface area contributed by atoms with Crippen molar-refractivity contribution in [1.29, 1.82) is 0 Å². The minimum Gasteiger partial charge on any atom is -0.489 e. The van der Waals surface area contributed by atoms with Crippen LogP contribution in [0.4, 0.5) is 0 Å². The number of ether oxygens (including phenoxy) is 1. The normalized spacial score (nSPS) is 10.4. The van der Waals surface area contributed by atoms with Crippen LogP contribution in [0.5, 0.6) is 5.75 Å². The van der Waals surface area contributed by atoms with Crippen LogP contribution in [0.1, 0.15) is 16.7 Å². The summed E-state index contributed by atoms with van der Waals surface area (Å²) in [5.41, 5.74) is 2.39. The van der Waals surface area contributed by atoms with Crippen molar-refractivity contribution in [2.75, 3.05) is 0 Å². The molecule has 4 nitrogen and oxygen atoms in total. The third-order valence-electron chi connectivity index (χ3n) is 2.94. The number of rotatable bonds is 6. The average molecular weight is 351 g/mol. The first-order valence-electron chi connectivity index (χ1n) is 6.40. The van der Waals surface area contributed by atoms with E-state index in [2.05, 4.69) is 15.9 Å². The van der Waals surface area contributed by atoms with E-state index < -0.39 is 5.97 Å². The second kappa shape index (κ2) is 7.24. The Morgan fingerprint density at radius 3 is 2.67 bits per heavy atom. The molecule has 0 bridgehead atoms. The Hall–Kier alpha value is -1.85. The zero-order chi connectivity index (χ0) is 15.2. The molecule has 0 saturated carbocycles. The van der Waals surface area contributed by atoms with Crippen LogP contribution in [0.25, 0.3) is 0 Å². The first-order valence-corrected chi connectivity index (χ1v) is 7.19. The van der Waals surface area contributed by atoms with Crippen molar-refractivity contribution in [3.05, 3.63) is 63.6 Å². The van der Waals surface area contributed by atoms with Gasteiger partial charge in [-0.25, -0.2) is 0 Å². The lowest BCUT2D eigenvalue weighted by molar-refractivity contribution is -0.136. The molecule has 0 aliphatic carbocycles. The molecule has 0 radical (unpaired) electrons. The number of halogens is 1. The molecule has 2 aromatic rings. The van der Waals surface area contributed by atoms with Gasteiger partial charge in [0.25, 0.3) is 0 Å². The molecule has 0 amide bonds. The van der Waals surface area contributed by atoms with Crippen LogP contribution in [0.2, 0.25) is 0 Å². The molecule has 0 spiro atoms. The van der Waals surface area contributed by atoms with Gasteiger partial charge < -0.3 is 14.9 Å². The van der Waals surface area contributed by atoms with Crippen LogP contribution in [-0.4, -0.2) is 16.2 Å². The zero-order valence-electron chi connectivity index (χ0n) is 11.3. The van der Waals surface area contributed by atoms with Gasteiger partial charge in [-0.3, -0.25) is 4.79 Å². The van der Waals surface area contributed by atoms with Gasteiger partial charge >= 0.3 is 5.97 Å². The van der Waals surface area contributed by atoms with Crippen molar-refractivity contribution >= 4 is 21.9 Å². The predicted octanol–water partition coefficient (Wildman–Crippen LogP) is 3.15. The lowest BCUT2D eigenvalue weighted by Gasteiger charge is -2.10. The van der Waals surface area contributed by atoms with Crippen LogP contribution in [0.3, 0.4) is 0 Å². The minimum absolute atomic E-state index is 0.0136. The van der Waals surface area contributed by atoms with Crippen LogP contribution < -0.4 is 4.74 Å². The van der Waals surface area contributed by atoms with E-state index in [0.717, 1.165) is 21.2 Å². The van der Waals surface area contributed by atoms with Gasteiger partial charge in [0.1, 0.15) is 12.4 Å². The maximum Gasteiger partial charge on any atom is 0.307 e. The van der Waals surface area contributed by atoms with E-state index in [4.69, 9.17) is 14.9 Å². The minimum atomic E-state index is -0.861. The Morgan fingerprint density at radius 2 is 1.95 bits per heavy atom. The molecule has 0 aromatic heterocycles. The van der Waals surface area contributed by atoms with Crippen molar-refractivity contribution in [3.63, 3.8) is 0 Å². The number of hydrogen-bond donors (Lipinski definition) is 2. The fourth-order valence-corrected chi connectivity index (χ4v) is 2.28. The Kier molecular flexibility index (Phi) is 5.36. The highest BCUT2D eigenvalue weighted by Gasteiger charge is 2.06. The Labute approximate surface area is 131 Å². The third-order valence-corrected chi connectivity index (χ3v) is 3.71. The van der Waals surface area contributed by atoms with Gasteiger partial charge in [-0.1, -0.05) is 40.2 Å². The summed E-state index contributed by atoms with van der Waals surface area (Å²) in [6, 6.07) is 12.6. The highest BCUT2D eigenvalue weighted by Crippen LogP contribution is 2.22. The Balaban J connectivity index is 2.09. The SMILES string of the molecule is O=C(O)Cc1ccc(Br)c(COc2cccc(CO)c2)c1. The van der Waals surface area contributed by atoms with Crippen molar-refractivity contribution in [2.24, 2.45) is 0 Å². The maximum absolute atomic E-state index is 10.7. The Morgan fingerprint density at radius 1 is 1.14 bits per heavy atom. The van der Waals surface area contributed by atoms with Crippen molar-refractivity contribution in [3.8, 4) is 5.75 Å². The number of carboxylic acid groups (broad SMARTS) is 1. The zero-order valence-corrected chi connectivity index (χ0v) is 12.8. The number of benzene rings is 2. The summed E-state index contributed by atoms with van der Waals surface area (Å²) in [6.45, 7) is 0.290. The van der Waals surface area contributed by atoms with Gasteiger partial charge in [0, 0.05) is 10.0 Å². The van der Waals surface area contributed by atoms with E-state index in [-0.39, 0.29) is 13.0 Å². The standard InChI is InChI=1S/C16H15BrO4/c17-15-5-4-11(8-16(19)20)6-13(15)10-21-14-3-1-2-12(7-14)9-18/h1-7,18H,8-10H2,(H,19,20). The van der Waals surface area contributed by atoms with Gasteiger partial charge in [-0.05, 0) is 29.3 Å². The van der Waals surface area contributed by atoms with Crippen molar-refractivity contribution < 1.29 is 19.7 Å². The molecule has 0 atom stereocenters. The fourth-order valence-electron chi connectivity index (χ4n) is 1.92. The number of aliphatic hydroxyl groups is 1. The first-order chi connectivity index (χ1) is 10.1. The largest absolute Gasteiger partial charge is 0.489 e. The molecule has 0 aliphatic rings. The number of carboxylic acids is 1. The summed E-state index contributed by atoms with van der Waals surface area (Å²) in [7, 11) is 0. The smallest absolute Gasteiger partial charge is 0.307 e. The molecule has 0 heterocycles. The first kappa shape index (κ1) is 15.5. The summed E-state index contributed by atoms with van der Waals surface area (Å²) in [5.74, 6) is -0.197. The second-order valence-electron chi connectivity index (χ2n) is 4.59. The molecular weight excluding hydrogens is 336 g/mol. The highest BCUT2D eigenvalue weighted by atomic mass is 79.9. The molecule has 2 N–H and O–H groups in total. The molecule has 0 unspecified atom stereocenters. The van der Waals surface area contributed by atoms with E-state index >= 15 is 0 Å². The van der Waals surface area contributed by atoms with Gasteiger partial charge in [0.2, 0.25) is 0 Å². The lowest BCUT2D eigenvalue weighted by atomic mass is 10.1. The second-order valence-corrected chi connectivity index (χ2v) is 5.44. The molecule has 0 fully saturated rings. The molecule has 2 aromatic carbocycles. The lowest BCUT2D eigenvalue weighted by Crippen LogP contribution is -2.02. The van der Waals surface area contributed by atoms with Crippen LogP contribution >= 0.6 is 15.9 Å². The van der Waals surface area contributed by atoms with E-state index in [1.54, 1.807) is 12.1 Å². The average Bonchev–Trinajstić information content (AvgIpc) is 2.47. The number of carbonyl (C=O) groups is 1. The van der Waals surface area contributed by atoms with Crippen LogP contribution in [0.15, 0.2) is 46.9 Å². The summed E-state index contributed by atoms with van der Waals surface area (Å²) in [4.78, 5) is 10.7. The third kappa shape index (κ3) is 4.58. The summed E-state index contributed by atoms with van der Waals surface area (Å²) >= 11 is 3.43. The summed E-state index contributed by atoms with van der Waals surface area (Å²) in [6.07, 6.45) is -0.0136. The highest BCUT2D eigenvalue weighted by molar-refractivity contribution is 9.10. The van der Waals surface area contributed by atoms with Gasteiger partial charge in [-0.15, -0.1) is 0 Å².